The monoisotopic (exact) mass is 414 g/mol. The molecule has 0 aliphatic rings. The number of thioether (sulfide) groups is 1. The van der Waals surface area contributed by atoms with Gasteiger partial charge in [-0.3, -0.25) is 4.79 Å². The Morgan fingerprint density at radius 3 is 2.52 bits per heavy atom. The maximum atomic E-state index is 12.2. The van der Waals surface area contributed by atoms with Gasteiger partial charge in [-0.25, -0.2) is 0 Å². The molecular formula is C19H15BrN2O2S. The summed E-state index contributed by atoms with van der Waals surface area (Å²) in [5, 5.41) is 9.17. The zero-order chi connectivity index (χ0) is 17.6. The van der Waals surface area contributed by atoms with Crippen LogP contribution < -0.4 is 4.74 Å². The molecule has 1 heterocycles. The summed E-state index contributed by atoms with van der Waals surface area (Å²) in [5.74, 6) is 1.10. The molecule has 3 aromatic rings. The number of ether oxygens (including phenoxy) is 1. The second-order valence-corrected chi connectivity index (χ2v) is 7.12. The molecule has 2 aromatic carbocycles. The maximum Gasteiger partial charge on any atom is 0.173 e. The molecule has 0 fully saturated rings. The molecule has 0 bridgehead atoms. The van der Waals surface area contributed by atoms with Crippen molar-refractivity contribution in [2.24, 2.45) is 0 Å². The number of benzene rings is 2. The molecule has 126 valence electrons. The summed E-state index contributed by atoms with van der Waals surface area (Å²) in [6, 6.07) is 18.8. The number of methoxy groups -OCH3 is 1. The third kappa shape index (κ3) is 4.67. The number of carbonyl (C=O) groups excluding carboxylic acids is 1. The molecule has 0 aliphatic carbocycles. The van der Waals surface area contributed by atoms with E-state index in [1.54, 1.807) is 31.4 Å². The van der Waals surface area contributed by atoms with Gasteiger partial charge in [0.05, 0.1) is 18.6 Å². The molecule has 0 amide bonds. The second-order valence-electron chi connectivity index (χ2n) is 5.21. The minimum absolute atomic E-state index is 0.0468. The maximum absolute atomic E-state index is 12.2. The molecule has 0 N–H and O–H groups in total. The summed E-state index contributed by atoms with van der Waals surface area (Å²) >= 11 is 4.82. The van der Waals surface area contributed by atoms with Crippen LogP contribution in [-0.4, -0.2) is 28.8 Å². The van der Waals surface area contributed by atoms with Crippen molar-refractivity contribution in [2.75, 3.05) is 12.9 Å². The third-order valence-corrected chi connectivity index (χ3v) is 4.94. The average molecular weight is 415 g/mol. The Labute approximate surface area is 158 Å². The zero-order valence-corrected chi connectivity index (χ0v) is 15.9. The van der Waals surface area contributed by atoms with Crippen LogP contribution in [0.3, 0.4) is 0 Å². The summed E-state index contributed by atoms with van der Waals surface area (Å²) in [7, 11) is 1.60. The Morgan fingerprint density at radius 1 is 1.08 bits per heavy atom. The number of hydrogen-bond donors (Lipinski definition) is 0. The largest absolute Gasteiger partial charge is 0.497 e. The van der Waals surface area contributed by atoms with Crippen molar-refractivity contribution < 1.29 is 9.53 Å². The van der Waals surface area contributed by atoms with Crippen LogP contribution in [0.15, 0.2) is 70.2 Å². The number of rotatable bonds is 6. The highest BCUT2D eigenvalue weighted by Gasteiger charge is 2.08. The Hall–Kier alpha value is -2.18. The highest BCUT2D eigenvalue weighted by molar-refractivity contribution is 9.10. The van der Waals surface area contributed by atoms with Gasteiger partial charge in [-0.05, 0) is 48.5 Å². The number of carbonyl (C=O) groups is 1. The lowest BCUT2D eigenvalue weighted by atomic mass is 10.1. The predicted molar refractivity (Wildman–Crippen MR) is 103 cm³/mol. The van der Waals surface area contributed by atoms with Gasteiger partial charge in [0.2, 0.25) is 0 Å². The molecule has 4 nitrogen and oxygen atoms in total. The molecule has 0 saturated heterocycles. The van der Waals surface area contributed by atoms with Crippen LogP contribution in [0.1, 0.15) is 10.4 Å². The van der Waals surface area contributed by atoms with Crippen LogP contribution in [0.2, 0.25) is 0 Å². The number of hydrogen-bond acceptors (Lipinski definition) is 5. The van der Waals surface area contributed by atoms with E-state index < -0.39 is 0 Å². The van der Waals surface area contributed by atoms with Gasteiger partial charge in [-0.15, -0.1) is 10.2 Å². The lowest BCUT2D eigenvalue weighted by Crippen LogP contribution is -2.02. The van der Waals surface area contributed by atoms with Crippen LogP contribution in [0, 0.1) is 0 Å². The number of Topliss-reactive ketones (excluding diaryl/α,β-unsaturated/α-hetero) is 1. The molecule has 6 heteroatoms. The van der Waals surface area contributed by atoms with E-state index in [1.807, 2.05) is 36.4 Å². The third-order valence-electron chi connectivity index (χ3n) is 3.52. The van der Waals surface area contributed by atoms with Gasteiger partial charge < -0.3 is 4.74 Å². The van der Waals surface area contributed by atoms with E-state index in [0.29, 0.717) is 11.3 Å². The van der Waals surface area contributed by atoms with Crippen LogP contribution >= 0.6 is 27.7 Å². The van der Waals surface area contributed by atoms with E-state index in [-0.39, 0.29) is 5.78 Å². The predicted octanol–water partition coefficient (Wildman–Crippen LogP) is 4.89. The van der Waals surface area contributed by atoms with Crippen molar-refractivity contribution in [1.29, 1.82) is 0 Å². The van der Waals surface area contributed by atoms with E-state index in [2.05, 4.69) is 26.1 Å². The first-order valence-corrected chi connectivity index (χ1v) is 9.33. The van der Waals surface area contributed by atoms with Crippen LogP contribution in [0.4, 0.5) is 0 Å². The minimum atomic E-state index is 0.0468. The smallest absolute Gasteiger partial charge is 0.173 e. The Kier molecular flexibility index (Phi) is 5.83. The SMILES string of the molecule is COc1ccc(C(=O)CSc2ccc(-c3cccc(Br)c3)nn2)cc1. The number of halogens is 1. The molecule has 0 radical (unpaired) electrons. The van der Waals surface area contributed by atoms with Crippen LogP contribution in [0.25, 0.3) is 11.3 Å². The topological polar surface area (TPSA) is 52.1 Å². The molecule has 0 atom stereocenters. The molecule has 0 unspecified atom stereocenters. The van der Waals surface area contributed by atoms with Crippen molar-refractivity contribution in [1.82, 2.24) is 10.2 Å². The average Bonchev–Trinajstić information content (AvgIpc) is 2.66. The van der Waals surface area contributed by atoms with Crippen molar-refractivity contribution in [2.45, 2.75) is 5.03 Å². The molecule has 1 aromatic heterocycles. The lowest BCUT2D eigenvalue weighted by Gasteiger charge is -2.04. The van der Waals surface area contributed by atoms with E-state index >= 15 is 0 Å². The van der Waals surface area contributed by atoms with Gasteiger partial charge in [-0.1, -0.05) is 39.8 Å². The van der Waals surface area contributed by atoms with Gasteiger partial charge >= 0.3 is 0 Å². The Bertz CT molecular complexity index is 867. The summed E-state index contributed by atoms with van der Waals surface area (Å²) in [6.07, 6.45) is 0. The van der Waals surface area contributed by atoms with E-state index in [9.17, 15) is 4.79 Å². The summed E-state index contributed by atoms with van der Waals surface area (Å²) in [6.45, 7) is 0. The highest BCUT2D eigenvalue weighted by Crippen LogP contribution is 2.23. The van der Waals surface area contributed by atoms with E-state index in [0.717, 1.165) is 26.5 Å². The molecule has 25 heavy (non-hydrogen) atoms. The summed E-state index contributed by atoms with van der Waals surface area (Å²) in [5.41, 5.74) is 2.45. The van der Waals surface area contributed by atoms with Gasteiger partial charge in [0, 0.05) is 15.6 Å². The fourth-order valence-electron chi connectivity index (χ4n) is 2.20. The summed E-state index contributed by atoms with van der Waals surface area (Å²) in [4.78, 5) is 12.2. The molecule has 3 rings (SSSR count). The van der Waals surface area contributed by atoms with Crippen molar-refractivity contribution >= 4 is 33.5 Å². The Balaban J connectivity index is 1.62. The van der Waals surface area contributed by atoms with E-state index in [1.165, 1.54) is 11.8 Å². The number of nitrogens with zero attached hydrogens (tertiary/aromatic N) is 2. The molecule has 0 spiro atoms. The second kappa shape index (κ2) is 8.27. The number of ketones is 1. The van der Waals surface area contributed by atoms with Crippen LogP contribution in [0.5, 0.6) is 5.75 Å². The molecule has 0 aliphatic heterocycles. The fraction of sp³-hybridized carbons (Fsp3) is 0.105. The molecular weight excluding hydrogens is 400 g/mol. The van der Waals surface area contributed by atoms with Crippen molar-refractivity contribution in [3.63, 3.8) is 0 Å². The van der Waals surface area contributed by atoms with Crippen molar-refractivity contribution in [3.8, 4) is 17.0 Å². The number of aromatic nitrogens is 2. The van der Waals surface area contributed by atoms with Gasteiger partial charge in [-0.2, -0.15) is 0 Å². The van der Waals surface area contributed by atoms with Gasteiger partial charge in [0.1, 0.15) is 10.8 Å². The Morgan fingerprint density at radius 2 is 1.88 bits per heavy atom. The van der Waals surface area contributed by atoms with Gasteiger partial charge in [0.25, 0.3) is 0 Å². The lowest BCUT2D eigenvalue weighted by molar-refractivity contribution is 0.102. The van der Waals surface area contributed by atoms with Crippen molar-refractivity contribution in [3.05, 3.63) is 70.7 Å². The first-order chi connectivity index (χ1) is 12.2. The highest BCUT2D eigenvalue weighted by atomic mass is 79.9. The first kappa shape index (κ1) is 17.6. The zero-order valence-electron chi connectivity index (χ0n) is 13.5. The first-order valence-electron chi connectivity index (χ1n) is 7.55. The van der Waals surface area contributed by atoms with E-state index in [4.69, 9.17) is 4.74 Å². The van der Waals surface area contributed by atoms with Gasteiger partial charge in [0.15, 0.2) is 5.78 Å². The minimum Gasteiger partial charge on any atom is -0.497 e. The molecule has 0 saturated carbocycles. The quantitative estimate of drug-likeness (QED) is 0.424. The summed E-state index contributed by atoms with van der Waals surface area (Å²) < 4.78 is 6.09. The van der Waals surface area contributed by atoms with Crippen LogP contribution in [-0.2, 0) is 0 Å². The standard InChI is InChI=1S/C19H15BrN2O2S/c1-24-16-7-5-13(6-8-16)18(23)12-25-19-10-9-17(21-22-19)14-3-2-4-15(20)11-14/h2-11H,12H2,1H3. The normalized spacial score (nSPS) is 10.5. The fourth-order valence-corrected chi connectivity index (χ4v) is 3.31.